The fraction of sp³-hybridized carbons (Fsp3) is 0.409. The molecule has 0 unspecified atom stereocenters. The molecule has 0 radical (unpaired) electrons. The molecule has 1 amide bonds. The van der Waals surface area contributed by atoms with Crippen LogP contribution in [0.2, 0.25) is 0 Å². The molecule has 7 heteroatoms. The van der Waals surface area contributed by atoms with E-state index in [9.17, 15) is 13.2 Å². The van der Waals surface area contributed by atoms with Crippen molar-refractivity contribution in [2.75, 3.05) is 11.8 Å². The minimum atomic E-state index is -3.72. The largest absolute Gasteiger partial charge is 0.497 e. The van der Waals surface area contributed by atoms with Crippen LogP contribution in [-0.2, 0) is 20.2 Å². The Labute approximate surface area is 171 Å². The van der Waals surface area contributed by atoms with Crippen LogP contribution in [0.25, 0.3) is 0 Å². The summed E-state index contributed by atoms with van der Waals surface area (Å²) in [5, 5.41) is 3.20. The van der Waals surface area contributed by atoms with E-state index >= 15 is 0 Å². The number of amides is 1. The fourth-order valence-electron chi connectivity index (χ4n) is 4.01. The van der Waals surface area contributed by atoms with Crippen LogP contribution in [0, 0.1) is 0 Å². The lowest BCUT2D eigenvalue weighted by Crippen LogP contribution is -2.40. The van der Waals surface area contributed by atoms with Crippen LogP contribution >= 0.6 is 0 Å². The molecule has 0 heterocycles. The second-order valence-corrected chi connectivity index (χ2v) is 9.58. The van der Waals surface area contributed by atoms with E-state index in [4.69, 9.17) is 4.74 Å². The number of benzene rings is 2. The van der Waals surface area contributed by atoms with E-state index in [1.165, 1.54) is 32.1 Å². The first-order chi connectivity index (χ1) is 13.9. The van der Waals surface area contributed by atoms with Gasteiger partial charge in [-0.15, -0.1) is 0 Å². The summed E-state index contributed by atoms with van der Waals surface area (Å²) in [6.45, 7) is 0. The maximum absolute atomic E-state index is 12.8. The Kier molecular flexibility index (Phi) is 5.25. The van der Waals surface area contributed by atoms with E-state index in [-0.39, 0.29) is 10.8 Å². The lowest BCUT2D eigenvalue weighted by Gasteiger charge is -2.20. The summed E-state index contributed by atoms with van der Waals surface area (Å²) in [5.74, 6) is 0.585. The van der Waals surface area contributed by atoms with Gasteiger partial charge in [0.2, 0.25) is 5.91 Å². The first-order valence-electron chi connectivity index (χ1n) is 10.0. The van der Waals surface area contributed by atoms with E-state index in [1.807, 2.05) is 12.1 Å². The predicted octanol–water partition coefficient (Wildman–Crippen LogP) is 3.59. The molecule has 0 saturated heterocycles. The highest BCUT2D eigenvalue weighted by Gasteiger charge is 2.51. The third-order valence-corrected chi connectivity index (χ3v) is 7.30. The molecule has 4 rings (SSSR count). The summed E-state index contributed by atoms with van der Waals surface area (Å²) in [4.78, 5) is 12.9. The van der Waals surface area contributed by atoms with E-state index < -0.39 is 15.4 Å². The van der Waals surface area contributed by atoms with Crippen LogP contribution in [0.4, 0.5) is 5.69 Å². The van der Waals surface area contributed by atoms with Gasteiger partial charge >= 0.3 is 0 Å². The zero-order valence-corrected chi connectivity index (χ0v) is 17.3. The molecule has 6 nitrogen and oxygen atoms in total. The van der Waals surface area contributed by atoms with Gasteiger partial charge < -0.3 is 10.1 Å². The van der Waals surface area contributed by atoms with Gasteiger partial charge in [0.15, 0.2) is 0 Å². The molecule has 0 aliphatic heterocycles. The standard InChI is InChI=1S/C22H26N2O4S/c1-28-19-7-4-8-20(15-19)29(26,27)24-18-11-9-16(10-12-18)22(13-14-22)21(25)23-17-5-2-3-6-17/h4,7-12,15,17,24H,2-3,5-6,13-14H2,1H3,(H,23,25). The molecule has 2 aromatic rings. The number of ether oxygens (including phenoxy) is 1. The van der Waals surface area contributed by atoms with Gasteiger partial charge in [0, 0.05) is 17.8 Å². The number of hydrogen-bond donors (Lipinski definition) is 2. The Balaban J connectivity index is 1.47. The molecule has 2 aliphatic carbocycles. The van der Waals surface area contributed by atoms with Crippen molar-refractivity contribution in [1.82, 2.24) is 5.32 Å². The quantitative estimate of drug-likeness (QED) is 0.725. The van der Waals surface area contributed by atoms with Gasteiger partial charge in [-0.25, -0.2) is 8.42 Å². The van der Waals surface area contributed by atoms with Gasteiger partial charge in [-0.05, 0) is 55.5 Å². The minimum Gasteiger partial charge on any atom is -0.497 e. The highest BCUT2D eigenvalue weighted by molar-refractivity contribution is 7.92. The summed E-state index contributed by atoms with van der Waals surface area (Å²) < 4.78 is 33.0. The van der Waals surface area contributed by atoms with Crippen molar-refractivity contribution in [2.45, 2.75) is 54.9 Å². The van der Waals surface area contributed by atoms with Crippen LogP contribution in [0.1, 0.15) is 44.1 Å². The second kappa shape index (κ2) is 7.71. The van der Waals surface area contributed by atoms with Crippen molar-refractivity contribution in [3.05, 3.63) is 54.1 Å². The number of nitrogens with one attached hydrogen (secondary N) is 2. The summed E-state index contributed by atoms with van der Waals surface area (Å²) in [5.41, 5.74) is 0.952. The number of sulfonamides is 1. The van der Waals surface area contributed by atoms with Gasteiger partial charge in [0.25, 0.3) is 10.0 Å². The third-order valence-electron chi connectivity index (χ3n) is 5.92. The van der Waals surface area contributed by atoms with Crippen LogP contribution < -0.4 is 14.8 Å². The molecule has 2 aliphatic rings. The lowest BCUT2D eigenvalue weighted by molar-refractivity contribution is -0.124. The summed E-state index contributed by atoms with van der Waals surface area (Å²) in [7, 11) is -2.23. The molecule has 0 atom stereocenters. The van der Waals surface area contributed by atoms with E-state index in [0.717, 1.165) is 31.2 Å². The molecule has 154 valence electrons. The number of hydrogen-bond acceptors (Lipinski definition) is 4. The van der Waals surface area contributed by atoms with Crippen molar-refractivity contribution in [2.24, 2.45) is 0 Å². The van der Waals surface area contributed by atoms with E-state index in [0.29, 0.717) is 17.5 Å². The Morgan fingerprint density at radius 3 is 2.38 bits per heavy atom. The smallest absolute Gasteiger partial charge is 0.262 e. The topological polar surface area (TPSA) is 84.5 Å². The average Bonchev–Trinajstić information content (AvgIpc) is 3.39. The van der Waals surface area contributed by atoms with Crippen LogP contribution in [-0.4, -0.2) is 27.5 Å². The SMILES string of the molecule is COc1cccc(S(=O)(=O)Nc2ccc(C3(C(=O)NC4CCCC4)CC3)cc2)c1. The molecule has 2 N–H and O–H groups in total. The van der Waals surface area contributed by atoms with Crippen LogP contribution in [0.3, 0.4) is 0 Å². The predicted molar refractivity (Wildman–Crippen MR) is 112 cm³/mol. The summed E-state index contributed by atoms with van der Waals surface area (Å²) in [6, 6.07) is 13.8. The highest BCUT2D eigenvalue weighted by Crippen LogP contribution is 2.49. The molecular formula is C22H26N2O4S. The Morgan fingerprint density at radius 2 is 1.76 bits per heavy atom. The summed E-state index contributed by atoms with van der Waals surface area (Å²) in [6.07, 6.45) is 6.15. The molecule has 2 fully saturated rings. The lowest BCUT2D eigenvalue weighted by atomic mass is 9.94. The van der Waals surface area contributed by atoms with E-state index in [1.54, 1.807) is 24.3 Å². The highest BCUT2D eigenvalue weighted by atomic mass is 32.2. The maximum atomic E-state index is 12.8. The Bertz CT molecular complexity index is 992. The Morgan fingerprint density at radius 1 is 1.07 bits per heavy atom. The van der Waals surface area contributed by atoms with Crippen molar-refractivity contribution in [1.29, 1.82) is 0 Å². The van der Waals surface area contributed by atoms with Crippen LogP contribution in [0.5, 0.6) is 5.75 Å². The normalized spacial score (nSPS) is 18.2. The van der Waals surface area contributed by atoms with Crippen molar-refractivity contribution in [3.63, 3.8) is 0 Å². The van der Waals surface area contributed by atoms with Gasteiger partial charge in [-0.2, -0.15) is 0 Å². The van der Waals surface area contributed by atoms with Crippen molar-refractivity contribution >= 4 is 21.6 Å². The minimum absolute atomic E-state index is 0.106. The zero-order chi connectivity index (χ0) is 20.5. The van der Waals surface area contributed by atoms with Gasteiger partial charge in [0.1, 0.15) is 5.75 Å². The van der Waals surface area contributed by atoms with Crippen molar-refractivity contribution in [3.8, 4) is 5.75 Å². The molecule has 2 aromatic carbocycles. The Hall–Kier alpha value is -2.54. The van der Waals surface area contributed by atoms with Crippen LogP contribution in [0.15, 0.2) is 53.4 Å². The number of methoxy groups -OCH3 is 1. The number of carbonyl (C=O) groups excluding carboxylic acids is 1. The maximum Gasteiger partial charge on any atom is 0.262 e. The number of carbonyl (C=O) groups is 1. The fourth-order valence-corrected chi connectivity index (χ4v) is 5.10. The molecule has 0 bridgehead atoms. The number of anilines is 1. The first kappa shape index (κ1) is 19.8. The second-order valence-electron chi connectivity index (χ2n) is 7.90. The zero-order valence-electron chi connectivity index (χ0n) is 16.5. The third kappa shape index (κ3) is 4.10. The first-order valence-corrected chi connectivity index (χ1v) is 11.5. The summed E-state index contributed by atoms with van der Waals surface area (Å²) >= 11 is 0. The average molecular weight is 415 g/mol. The molecule has 0 aromatic heterocycles. The molecule has 29 heavy (non-hydrogen) atoms. The van der Waals surface area contributed by atoms with Gasteiger partial charge in [-0.3, -0.25) is 9.52 Å². The molecule has 2 saturated carbocycles. The molecular weight excluding hydrogens is 388 g/mol. The molecule has 0 spiro atoms. The van der Waals surface area contributed by atoms with Crippen molar-refractivity contribution < 1.29 is 17.9 Å². The monoisotopic (exact) mass is 414 g/mol. The van der Waals surface area contributed by atoms with Gasteiger partial charge in [0.05, 0.1) is 17.4 Å². The van der Waals surface area contributed by atoms with Gasteiger partial charge in [-0.1, -0.05) is 31.0 Å². The number of rotatable bonds is 7. The van der Waals surface area contributed by atoms with E-state index in [2.05, 4.69) is 10.0 Å².